The second-order valence-corrected chi connectivity index (χ2v) is 9.56. The summed E-state index contributed by atoms with van der Waals surface area (Å²) in [5, 5.41) is 6.01. The molecule has 2 aromatic carbocycles. The second-order valence-electron chi connectivity index (χ2n) is 9.13. The first-order chi connectivity index (χ1) is 17.5. The minimum absolute atomic E-state index is 0.00881. The molecule has 5 rings (SSSR count). The van der Waals surface area contributed by atoms with E-state index in [9.17, 15) is 4.79 Å². The topological polar surface area (TPSA) is 69.5 Å². The third-order valence-corrected chi connectivity index (χ3v) is 6.69. The predicted octanol–water partition coefficient (Wildman–Crippen LogP) is 5.28. The first-order valence-electron chi connectivity index (χ1n) is 12.1. The highest BCUT2D eigenvalue weighted by Crippen LogP contribution is 2.30. The molecule has 36 heavy (non-hydrogen) atoms. The minimum atomic E-state index is -0.00881. The lowest BCUT2D eigenvalue weighted by Gasteiger charge is -2.27. The maximum Gasteiger partial charge on any atom is 0.244 e. The Morgan fingerprint density at radius 1 is 1.19 bits per heavy atom. The van der Waals surface area contributed by atoms with Gasteiger partial charge in [0.2, 0.25) is 5.91 Å². The van der Waals surface area contributed by atoms with E-state index < -0.39 is 0 Å². The van der Waals surface area contributed by atoms with Crippen molar-refractivity contribution in [1.82, 2.24) is 19.7 Å². The van der Waals surface area contributed by atoms with Crippen LogP contribution in [0.2, 0.25) is 5.02 Å². The molecule has 1 aliphatic heterocycles. The highest BCUT2D eigenvalue weighted by atomic mass is 35.5. The minimum Gasteiger partial charge on any atom is -0.497 e. The Hall–Kier alpha value is -3.42. The summed E-state index contributed by atoms with van der Waals surface area (Å²) < 4.78 is 12.9. The number of carbonyl (C=O) groups excluding carboxylic acids is 1. The number of hydrogen-bond acceptors (Lipinski definition) is 5. The highest BCUT2D eigenvalue weighted by molar-refractivity contribution is 6.31. The van der Waals surface area contributed by atoms with E-state index in [1.165, 1.54) is 0 Å². The number of aromatic nitrogens is 3. The molecule has 3 heterocycles. The van der Waals surface area contributed by atoms with E-state index in [0.29, 0.717) is 18.1 Å². The lowest BCUT2D eigenvalue weighted by atomic mass is 10.0. The van der Waals surface area contributed by atoms with Crippen LogP contribution in [0, 0.1) is 6.92 Å². The fourth-order valence-corrected chi connectivity index (χ4v) is 4.75. The van der Waals surface area contributed by atoms with Crippen molar-refractivity contribution >= 4 is 28.4 Å². The van der Waals surface area contributed by atoms with Crippen LogP contribution >= 0.6 is 11.6 Å². The Kier molecular flexibility index (Phi) is 7.20. The maximum absolute atomic E-state index is 13.5. The van der Waals surface area contributed by atoms with Crippen LogP contribution in [0.25, 0.3) is 22.2 Å². The van der Waals surface area contributed by atoms with Gasteiger partial charge < -0.3 is 14.4 Å². The van der Waals surface area contributed by atoms with Gasteiger partial charge in [-0.15, -0.1) is 0 Å². The summed E-state index contributed by atoms with van der Waals surface area (Å²) in [5.74, 6) is 0.763. The smallest absolute Gasteiger partial charge is 0.244 e. The molecule has 0 spiro atoms. The van der Waals surface area contributed by atoms with Gasteiger partial charge >= 0.3 is 0 Å². The maximum atomic E-state index is 13.5. The number of ether oxygens (including phenoxy) is 2. The molecule has 1 amide bonds. The van der Waals surface area contributed by atoms with Crippen molar-refractivity contribution in [2.24, 2.45) is 0 Å². The third kappa shape index (κ3) is 5.53. The van der Waals surface area contributed by atoms with Crippen molar-refractivity contribution in [3.63, 3.8) is 0 Å². The Labute approximate surface area is 215 Å². The molecule has 8 heteroatoms. The van der Waals surface area contributed by atoms with E-state index >= 15 is 0 Å². The molecule has 1 atom stereocenters. The fourth-order valence-electron chi connectivity index (χ4n) is 4.59. The summed E-state index contributed by atoms with van der Waals surface area (Å²) >= 11 is 6.26. The van der Waals surface area contributed by atoms with Gasteiger partial charge in [-0.1, -0.05) is 17.7 Å². The normalized spacial score (nSPS) is 15.4. The van der Waals surface area contributed by atoms with Crippen molar-refractivity contribution in [3.8, 4) is 17.0 Å². The lowest BCUT2D eigenvalue weighted by molar-refractivity contribution is -0.134. The monoisotopic (exact) mass is 504 g/mol. The largest absolute Gasteiger partial charge is 0.497 e. The van der Waals surface area contributed by atoms with Crippen LogP contribution in [0.1, 0.15) is 24.1 Å². The molecule has 7 nitrogen and oxygen atoms in total. The van der Waals surface area contributed by atoms with E-state index in [1.54, 1.807) is 11.8 Å². The molecule has 1 fully saturated rings. The molecule has 0 saturated carbocycles. The van der Waals surface area contributed by atoms with Crippen LogP contribution in [0.15, 0.2) is 60.8 Å². The van der Waals surface area contributed by atoms with E-state index in [0.717, 1.165) is 58.6 Å². The van der Waals surface area contributed by atoms with Gasteiger partial charge in [-0.2, -0.15) is 5.10 Å². The van der Waals surface area contributed by atoms with Crippen LogP contribution in [0.4, 0.5) is 0 Å². The zero-order valence-electron chi connectivity index (χ0n) is 20.5. The predicted molar refractivity (Wildman–Crippen MR) is 140 cm³/mol. The van der Waals surface area contributed by atoms with Gasteiger partial charge in [0.25, 0.3) is 0 Å². The molecule has 0 radical (unpaired) electrons. The van der Waals surface area contributed by atoms with Crippen molar-refractivity contribution in [3.05, 3.63) is 77.1 Å². The highest BCUT2D eigenvalue weighted by Gasteiger charge is 2.25. The van der Waals surface area contributed by atoms with E-state index in [4.69, 9.17) is 26.1 Å². The van der Waals surface area contributed by atoms with E-state index in [2.05, 4.69) is 11.2 Å². The van der Waals surface area contributed by atoms with E-state index in [-0.39, 0.29) is 18.6 Å². The first-order valence-corrected chi connectivity index (χ1v) is 12.5. The van der Waals surface area contributed by atoms with Crippen LogP contribution in [0.3, 0.4) is 0 Å². The number of hydrogen-bond donors (Lipinski definition) is 0. The second kappa shape index (κ2) is 10.7. The van der Waals surface area contributed by atoms with Gasteiger partial charge in [-0.3, -0.25) is 9.48 Å². The van der Waals surface area contributed by atoms with Gasteiger partial charge in [0.1, 0.15) is 12.3 Å². The first kappa shape index (κ1) is 24.3. The molecule has 0 N–H and O–H groups in total. The summed E-state index contributed by atoms with van der Waals surface area (Å²) in [6.07, 6.45) is 3.83. The summed E-state index contributed by atoms with van der Waals surface area (Å²) in [6.45, 7) is 3.76. The summed E-state index contributed by atoms with van der Waals surface area (Å²) in [4.78, 5) is 20.4. The number of methoxy groups -OCH3 is 1. The number of halogens is 1. The summed E-state index contributed by atoms with van der Waals surface area (Å²) in [5.41, 5.74) is 4.40. The van der Waals surface area contributed by atoms with Gasteiger partial charge in [0.15, 0.2) is 0 Å². The van der Waals surface area contributed by atoms with Crippen LogP contribution in [-0.4, -0.2) is 51.9 Å². The van der Waals surface area contributed by atoms with E-state index in [1.807, 2.05) is 66.6 Å². The van der Waals surface area contributed by atoms with Crippen molar-refractivity contribution in [2.75, 3.05) is 20.3 Å². The molecule has 1 aliphatic rings. The summed E-state index contributed by atoms with van der Waals surface area (Å²) in [7, 11) is 1.65. The third-order valence-electron chi connectivity index (χ3n) is 6.46. The van der Waals surface area contributed by atoms with Crippen LogP contribution in [-0.2, 0) is 22.6 Å². The quantitative estimate of drug-likeness (QED) is 0.326. The van der Waals surface area contributed by atoms with Gasteiger partial charge in [-0.05, 0) is 73.9 Å². The number of carbonyl (C=O) groups is 1. The number of pyridine rings is 1. The number of benzene rings is 2. The number of amides is 1. The molecule has 0 unspecified atom stereocenters. The number of nitrogens with zero attached hydrogens (tertiary/aromatic N) is 4. The van der Waals surface area contributed by atoms with Gasteiger partial charge in [-0.25, -0.2) is 4.98 Å². The average molecular weight is 505 g/mol. The van der Waals surface area contributed by atoms with Gasteiger partial charge in [0, 0.05) is 41.9 Å². The number of rotatable bonds is 8. The molecule has 1 saturated heterocycles. The molecule has 0 aliphatic carbocycles. The SMILES string of the molecule is COc1ccc(-c2nc3cc(Cl)ccc3cc2CN(C[C@@H]2CCCO2)C(=O)Cn2ccc(C)n2)cc1. The molecule has 4 aromatic rings. The Balaban J connectivity index is 1.52. The van der Waals surface area contributed by atoms with Crippen molar-refractivity contribution in [2.45, 2.75) is 39.0 Å². The molecular weight excluding hydrogens is 476 g/mol. The molecular formula is C28H29ClN4O3. The average Bonchev–Trinajstić information content (AvgIpc) is 3.55. The Morgan fingerprint density at radius 2 is 2.03 bits per heavy atom. The zero-order chi connectivity index (χ0) is 25.1. The van der Waals surface area contributed by atoms with Crippen LogP contribution < -0.4 is 4.74 Å². The Bertz CT molecular complexity index is 1360. The lowest BCUT2D eigenvalue weighted by Crippen LogP contribution is -2.39. The number of fused-ring (bicyclic) bond motifs is 1. The molecule has 186 valence electrons. The zero-order valence-corrected chi connectivity index (χ0v) is 21.2. The van der Waals surface area contributed by atoms with Crippen molar-refractivity contribution < 1.29 is 14.3 Å². The Morgan fingerprint density at radius 3 is 2.72 bits per heavy atom. The van der Waals surface area contributed by atoms with Gasteiger partial charge in [0.05, 0.1) is 30.1 Å². The summed E-state index contributed by atoms with van der Waals surface area (Å²) in [6, 6.07) is 17.5. The van der Waals surface area contributed by atoms with Crippen LogP contribution in [0.5, 0.6) is 5.75 Å². The van der Waals surface area contributed by atoms with Crippen molar-refractivity contribution in [1.29, 1.82) is 0 Å². The number of aryl methyl sites for hydroxylation is 1. The molecule has 2 aromatic heterocycles. The fraction of sp³-hybridized carbons (Fsp3) is 0.321. The molecule has 0 bridgehead atoms. The standard InChI is InChI=1S/C28H29ClN4O3/c1-19-11-12-33(31-19)18-27(34)32(17-25-4-3-13-36-25)16-22-14-21-5-8-23(29)15-26(21)30-28(22)20-6-9-24(35-2)10-7-20/h5-12,14-15,25H,3-4,13,16-18H2,1-2H3/t25-/m0/s1.